The van der Waals surface area contributed by atoms with Gasteiger partial charge in [-0.3, -0.25) is 0 Å². The summed E-state index contributed by atoms with van der Waals surface area (Å²) in [5.74, 6) is 0.792. The monoisotopic (exact) mass is 271 g/mol. The zero-order valence-corrected chi connectivity index (χ0v) is 12.2. The number of nitriles is 2. The third-order valence-electron chi connectivity index (χ3n) is 3.05. The lowest BCUT2D eigenvalue weighted by Crippen LogP contribution is -2.29. The van der Waals surface area contributed by atoms with Gasteiger partial charge in [-0.15, -0.1) is 0 Å². The molecule has 4 nitrogen and oxygen atoms in total. The van der Waals surface area contributed by atoms with Crippen LogP contribution in [0.3, 0.4) is 0 Å². The Labute approximate surface area is 121 Å². The Hall–Kier alpha value is -2.04. The molecule has 0 spiro atoms. The zero-order valence-electron chi connectivity index (χ0n) is 12.2. The molecule has 0 saturated heterocycles. The summed E-state index contributed by atoms with van der Waals surface area (Å²) < 4.78 is 5.63. The molecule has 0 saturated carbocycles. The molecule has 0 bridgehead atoms. The van der Waals surface area contributed by atoms with Crippen LogP contribution in [0, 0.1) is 28.6 Å². The molecule has 0 amide bonds. The van der Waals surface area contributed by atoms with E-state index in [1.165, 1.54) is 0 Å². The number of benzene rings is 1. The Balaban J connectivity index is 2.30. The normalized spacial score (nSPS) is 11.7. The van der Waals surface area contributed by atoms with Gasteiger partial charge >= 0.3 is 0 Å². The van der Waals surface area contributed by atoms with E-state index in [1.54, 1.807) is 12.1 Å². The van der Waals surface area contributed by atoms with Gasteiger partial charge in [0.15, 0.2) is 0 Å². The van der Waals surface area contributed by atoms with Crippen LogP contribution in [-0.2, 0) is 0 Å². The van der Waals surface area contributed by atoms with Crippen molar-refractivity contribution in [2.75, 3.05) is 26.2 Å². The highest BCUT2D eigenvalue weighted by atomic mass is 16.5. The first-order chi connectivity index (χ1) is 9.69. The van der Waals surface area contributed by atoms with E-state index in [2.05, 4.69) is 24.0 Å². The second-order valence-electron chi connectivity index (χ2n) is 4.77. The highest BCUT2D eigenvalue weighted by molar-refractivity contribution is 5.36. The van der Waals surface area contributed by atoms with Gasteiger partial charge in [-0.05, 0) is 38.1 Å². The molecule has 1 rings (SSSR count). The van der Waals surface area contributed by atoms with Crippen LogP contribution >= 0.6 is 0 Å². The summed E-state index contributed by atoms with van der Waals surface area (Å²) in [6.07, 6.45) is 0.906. The molecule has 1 unspecified atom stereocenters. The van der Waals surface area contributed by atoms with E-state index >= 15 is 0 Å². The summed E-state index contributed by atoms with van der Waals surface area (Å²) >= 11 is 0. The zero-order chi connectivity index (χ0) is 14.8. The molecule has 1 aromatic carbocycles. The lowest BCUT2D eigenvalue weighted by Gasteiger charge is -2.21. The first-order valence-corrected chi connectivity index (χ1v) is 6.94. The van der Waals surface area contributed by atoms with E-state index in [4.69, 9.17) is 15.3 Å². The van der Waals surface area contributed by atoms with Crippen molar-refractivity contribution in [1.82, 2.24) is 4.90 Å². The van der Waals surface area contributed by atoms with Gasteiger partial charge < -0.3 is 9.64 Å². The van der Waals surface area contributed by atoms with Crippen LogP contribution in [0.25, 0.3) is 0 Å². The lowest BCUT2D eigenvalue weighted by atomic mass is 10.2. The van der Waals surface area contributed by atoms with Crippen molar-refractivity contribution in [3.8, 4) is 17.9 Å². The average Bonchev–Trinajstić information content (AvgIpc) is 2.50. The smallest absolute Gasteiger partial charge is 0.120 e. The molecular weight excluding hydrogens is 250 g/mol. The predicted octanol–water partition coefficient (Wildman–Crippen LogP) is 2.81. The van der Waals surface area contributed by atoms with Crippen molar-refractivity contribution >= 4 is 0 Å². The highest BCUT2D eigenvalue weighted by Crippen LogP contribution is 2.12. The number of rotatable bonds is 8. The summed E-state index contributed by atoms with van der Waals surface area (Å²) in [6.45, 7) is 7.31. The standard InChI is InChI=1S/C16H21N3O/c1-3-19(13-14(2)11-17)8-5-9-20-16-7-4-6-15(10-16)12-18/h4,6-7,10,14H,3,5,8-9,13H2,1-2H3. The molecule has 0 aliphatic heterocycles. The second kappa shape index (κ2) is 8.96. The highest BCUT2D eigenvalue weighted by Gasteiger charge is 2.07. The summed E-state index contributed by atoms with van der Waals surface area (Å²) in [6, 6.07) is 11.5. The summed E-state index contributed by atoms with van der Waals surface area (Å²) in [5, 5.41) is 17.6. The van der Waals surface area contributed by atoms with Crippen molar-refractivity contribution < 1.29 is 4.74 Å². The minimum absolute atomic E-state index is 0.0585. The van der Waals surface area contributed by atoms with E-state index < -0.39 is 0 Å². The summed E-state index contributed by atoms with van der Waals surface area (Å²) in [4.78, 5) is 2.25. The Bertz CT molecular complexity index is 487. The van der Waals surface area contributed by atoms with Crippen molar-refractivity contribution in [3.63, 3.8) is 0 Å². The summed E-state index contributed by atoms with van der Waals surface area (Å²) in [7, 11) is 0. The molecular formula is C16H21N3O. The molecule has 0 aliphatic carbocycles. The van der Waals surface area contributed by atoms with E-state index in [1.807, 2.05) is 19.1 Å². The molecule has 0 aromatic heterocycles. The second-order valence-corrected chi connectivity index (χ2v) is 4.77. The molecule has 1 atom stereocenters. The average molecular weight is 271 g/mol. The van der Waals surface area contributed by atoms with Crippen LogP contribution in [0.4, 0.5) is 0 Å². The Morgan fingerprint density at radius 3 is 2.80 bits per heavy atom. The molecule has 0 heterocycles. The number of hydrogen-bond donors (Lipinski definition) is 0. The molecule has 0 N–H and O–H groups in total. The predicted molar refractivity (Wildman–Crippen MR) is 78.2 cm³/mol. The van der Waals surface area contributed by atoms with Crippen LogP contribution in [0.2, 0.25) is 0 Å². The quantitative estimate of drug-likeness (QED) is 0.682. The van der Waals surface area contributed by atoms with E-state index in [0.29, 0.717) is 12.2 Å². The van der Waals surface area contributed by atoms with Crippen molar-refractivity contribution in [1.29, 1.82) is 10.5 Å². The molecule has 0 radical (unpaired) electrons. The third-order valence-corrected chi connectivity index (χ3v) is 3.05. The van der Waals surface area contributed by atoms with Crippen molar-refractivity contribution in [2.45, 2.75) is 20.3 Å². The molecule has 1 aromatic rings. The van der Waals surface area contributed by atoms with Gasteiger partial charge in [0.05, 0.1) is 30.2 Å². The largest absolute Gasteiger partial charge is 0.494 e. The maximum absolute atomic E-state index is 8.82. The van der Waals surface area contributed by atoms with Gasteiger partial charge in [0.25, 0.3) is 0 Å². The minimum Gasteiger partial charge on any atom is -0.494 e. The fraction of sp³-hybridized carbons (Fsp3) is 0.500. The minimum atomic E-state index is 0.0585. The van der Waals surface area contributed by atoms with Crippen molar-refractivity contribution in [2.24, 2.45) is 5.92 Å². The van der Waals surface area contributed by atoms with Crippen LogP contribution < -0.4 is 4.74 Å². The number of nitrogens with zero attached hydrogens (tertiary/aromatic N) is 3. The lowest BCUT2D eigenvalue weighted by molar-refractivity contribution is 0.231. The van der Waals surface area contributed by atoms with Gasteiger partial charge in [0.1, 0.15) is 5.75 Å². The Morgan fingerprint density at radius 1 is 1.35 bits per heavy atom. The maximum atomic E-state index is 8.82. The van der Waals surface area contributed by atoms with Gasteiger partial charge in [0.2, 0.25) is 0 Å². The van der Waals surface area contributed by atoms with E-state index in [9.17, 15) is 0 Å². The van der Waals surface area contributed by atoms with Gasteiger partial charge in [0, 0.05) is 13.1 Å². The molecule has 0 fully saturated rings. The van der Waals surface area contributed by atoms with Crippen molar-refractivity contribution in [3.05, 3.63) is 29.8 Å². The third kappa shape index (κ3) is 5.73. The maximum Gasteiger partial charge on any atom is 0.120 e. The van der Waals surface area contributed by atoms with Gasteiger partial charge in [-0.25, -0.2) is 0 Å². The first-order valence-electron chi connectivity index (χ1n) is 6.94. The number of hydrogen-bond acceptors (Lipinski definition) is 4. The van der Waals surface area contributed by atoms with Crippen LogP contribution in [0.5, 0.6) is 5.75 Å². The fourth-order valence-electron chi connectivity index (χ4n) is 1.94. The Morgan fingerprint density at radius 2 is 2.15 bits per heavy atom. The molecule has 106 valence electrons. The van der Waals surface area contributed by atoms with Gasteiger partial charge in [-0.2, -0.15) is 10.5 Å². The molecule has 4 heteroatoms. The van der Waals surface area contributed by atoms with Crippen LogP contribution in [0.1, 0.15) is 25.8 Å². The SMILES string of the molecule is CCN(CCCOc1cccc(C#N)c1)CC(C)C#N. The van der Waals surface area contributed by atoms with E-state index in [-0.39, 0.29) is 5.92 Å². The molecule has 20 heavy (non-hydrogen) atoms. The van der Waals surface area contributed by atoms with Crippen LogP contribution in [-0.4, -0.2) is 31.1 Å². The number of ether oxygens (including phenoxy) is 1. The fourth-order valence-corrected chi connectivity index (χ4v) is 1.94. The first kappa shape index (κ1) is 16.0. The Kier molecular flexibility index (Phi) is 7.17. The van der Waals surface area contributed by atoms with Crippen LogP contribution in [0.15, 0.2) is 24.3 Å². The summed E-state index contributed by atoms with van der Waals surface area (Å²) in [5.41, 5.74) is 0.612. The van der Waals surface area contributed by atoms with Gasteiger partial charge in [-0.1, -0.05) is 13.0 Å². The molecule has 0 aliphatic rings. The topological polar surface area (TPSA) is 60.0 Å². The van der Waals surface area contributed by atoms with E-state index in [0.717, 1.165) is 31.8 Å².